The number of amides is 1. The summed E-state index contributed by atoms with van der Waals surface area (Å²) >= 11 is 0. The Balaban J connectivity index is 2.21. The molecule has 1 fully saturated rings. The summed E-state index contributed by atoms with van der Waals surface area (Å²) in [5.41, 5.74) is 0. The Morgan fingerprint density at radius 1 is 1.53 bits per heavy atom. The van der Waals surface area contributed by atoms with Crippen LogP contribution in [-0.2, 0) is 14.3 Å². The van der Waals surface area contributed by atoms with Crippen molar-refractivity contribution in [2.75, 3.05) is 6.61 Å². The van der Waals surface area contributed by atoms with E-state index in [0.717, 1.165) is 0 Å². The third kappa shape index (κ3) is 3.20. The Labute approximate surface area is 88.8 Å². The molecule has 0 spiro atoms. The maximum Gasteiger partial charge on any atom is 0.306 e. The summed E-state index contributed by atoms with van der Waals surface area (Å²) in [5.74, 6) is -1.23. The third-order valence-corrected chi connectivity index (χ3v) is 2.62. The van der Waals surface area contributed by atoms with Gasteiger partial charge in [-0.25, -0.2) is 0 Å². The van der Waals surface area contributed by atoms with Crippen LogP contribution in [0.25, 0.3) is 0 Å². The molecule has 1 atom stereocenters. The van der Waals surface area contributed by atoms with Crippen molar-refractivity contribution in [3.05, 3.63) is 0 Å². The maximum atomic E-state index is 11.4. The van der Waals surface area contributed by atoms with E-state index in [1.165, 1.54) is 0 Å². The van der Waals surface area contributed by atoms with Gasteiger partial charge in [-0.3, -0.25) is 9.59 Å². The smallest absolute Gasteiger partial charge is 0.306 e. The first-order valence-electron chi connectivity index (χ1n) is 5.19. The number of aliphatic carboxylic acids is 1. The molecule has 1 amide bonds. The molecule has 1 rings (SSSR count). The summed E-state index contributed by atoms with van der Waals surface area (Å²) in [7, 11) is 0. The molecule has 0 radical (unpaired) electrons. The maximum absolute atomic E-state index is 11.4. The van der Waals surface area contributed by atoms with E-state index in [9.17, 15) is 9.59 Å². The van der Waals surface area contributed by atoms with Crippen molar-refractivity contribution >= 4 is 11.9 Å². The zero-order chi connectivity index (χ0) is 11.4. The van der Waals surface area contributed by atoms with Crippen molar-refractivity contribution in [1.29, 1.82) is 0 Å². The quantitative estimate of drug-likeness (QED) is 0.695. The highest BCUT2D eigenvalue weighted by Gasteiger charge is 2.35. The van der Waals surface area contributed by atoms with Gasteiger partial charge in [-0.05, 0) is 26.7 Å². The fraction of sp³-hybridized carbons (Fsp3) is 0.800. The molecule has 15 heavy (non-hydrogen) atoms. The van der Waals surface area contributed by atoms with Crippen LogP contribution in [0.5, 0.6) is 0 Å². The average Bonchev–Trinajstić information content (AvgIpc) is 2.09. The first-order valence-corrected chi connectivity index (χ1v) is 5.19. The zero-order valence-corrected chi connectivity index (χ0v) is 9.03. The molecule has 0 bridgehead atoms. The van der Waals surface area contributed by atoms with Crippen molar-refractivity contribution in [2.24, 2.45) is 5.92 Å². The molecule has 1 aliphatic carbocycles. The van der Waals surface area contributed by atoms with Gasteiger partial charge < -0.3 is 15.2 Å². The Morgan fingerprint density at radius 2 is 2.13 bits per heavy atom. The van der Waals surface area contributed by atoms with Gasteiger partial charge in [0, 0.05) is 12.6 Å². The van der Waals surface area contributed by atoms with Gasteiger partial charge in [-0.2, -0.15) is 0 Å². The highest BCUT2D eigenvalue weighted by atomic mass is 16.5. The van der Waals surface area contributed by atoms with Crippen molar-refractivity contribution in [2.45, 2.75) is 38.8 Å². The highest BCUT2D eigenvalue weighted by molar-refractivity contribution is 5.81. The number of hydrogen-bond donors (Lipinski definition) is 2. The Kier molecular flexibility index (Phi) is 4.08. The number of ether oxygens (including phenoxy) is 1. The summed E-state index contributed by atoms with van der Waals surface area (Å²) in [6, 6.07) is 0.00139. The molecular formula is C10H17NO4. The van der Waals surface area contributed by atoms with E-state index < -0.39 is 12.1 Å². The first kappa shape index (κ1) is 12.0. The van der Waals surface area contributed by atoms with Gasteiger partial charge in [0.05, 0.1) is 5.92 Å². The molecule has 0 aromatic carbocycles. The van der Waals surface area contributed by atoms with Crippen LogP contribution in [0.1, 0.15) is 26.7 Å². The Hall–Kier alpha value is -1.10. The van der Waals surface area contributed by atoms with Crippen molar-refractivity contribution in [3.8, 4) is 0 Å². The lowest BCUT2D eigenvalue weighted by Crippen LogP contribution is -2.49. The standard InChI is InChI=1S/C10H17NO4/c1-3-15-6(2)9(12)11-8-4-7(5-8)10(13)14/h6-8H,3-5H2,1-2H3,(H,11,12)(H,13,14). The monoisotopic (exact) mass is 215 g/mol. The van der Waals surface area contributed by atoms with Gasteiger partial charge in [-0.1, -0.05) is 0 Å². The predicted octanol–water partition coefficient (Wildman–Crippen LogP) is 0.391. The lowest BCUT2D eigenvalue weighted by molar-refractivity contribution is -0.147. The molecule has 1 saturated carbocycles. The van der Waals surface area contributed by atoms with Crippen molar-refractivity contribution in [1.82, 2.24) is 5.32 Å². The van der Waals surface area contributed by atoms with E-state index in [1.54, 1.807) is 6.92 Å². The fourth-order valence-electron chi connectivity index (χ4n) is 1.58. The molecule has 86 valence electrons. The number of carbonyl (C=O) groups is 2. The van der Waals surface area contributed by atoms with Crippen LogP contribution in [0.2, 0.25) is 0 Å². The lowest BCUT2D eigenvalue weighted by Gasteiger charge is -2.33. The molecule has 0 aliphatic heterocycles. The minimum absolute atomic E-state index is 0.00139. The molecule has 5 heteroatoms. The minimum Gasteiger partial charge on any atom is -0.481 e. The first-order chi connectivity index (χ1) is 7.04. The number of carboxylic acids is 1. The molecular weight excluding hydrogens is 198 g/mol. The van der Waals surface area contributed by atoms with Gasteiger partial charge in [0.1, 0.15) is 6.10 Å². The summed E-state index contributed by atoms with van der Waals surface area (Å²) in [6.45, 7) is 4.01. The van der Waals surface area contributed by atoms with E-state index in [1.807, 2.05) is 6.92 Å². The van der Waals surface area contributed by atoms with Crippen LogP contribution in [0, 0.1) is 5.92 Å². The molecule has 1 aliphatic rings. The summed E-state index contributed by atoms with van der Waals surface area (Å²) < 4.78 is 5.12. The number of nitrogens with one attached hydrogen (secondary N) is 1. The van der Waals surface area contributed by atoms with Crippen LogP contribution in [-0.4, -0.2) is 35.7 Å². The van der Waals surface area contributed by atoms with Crippen LogP contribution >= 0.6 is 0 Å². The molecule has 0 heterocycles. The number of rotatable bonds is 5. The second-order valence-corrected chi connectivity index (χ2v) is 3.81. The van der Waals surface area contributed by atoms with Crippen LogP contribution in [0.15, 0.2) is 0 Å². The summed E-state index contributed by atoms with van der Waals surface area (Å²) in [5, 5.41) is 11.4. The molecule has 2 N–H and O–H groups in total. The average molecular weight is 215 g/mol. The van der Waals surface area contributed by atoms with E-state index in [-0.39, 0.29) is 17.9 Å². The van der Waals surface area contributed by atoms with E-state index in [0.29, 0.717) is 19.4 Å². The largest absolute Gasteiger partial charge is 0.481 e. The van der Waals surface area contributed by atoms with E-state index in [2.05, 4.69) is 5.32 Å². The number of carboxylic acid groups (broad SMARTS) is 1. The zero-order valence-electron chi connectivity index (χ0n) is 9.03. The van der Waals surface area contributed by atoms with Gasteiger partial charge in [0.2, 0.25) is 5.91 Å². The third-order valence-electron chi connectivity index (χ3n) is 2.62. The molecule has 0 aromatic heterocycles. The Bertz CT molecular complexity index is 248. The normalized spacial score (nSPS) is 26.5. The summed E-state index contributed by atoms with van der Waals surface area (Å²) in [6.07, 6.45) is 0.596. The summed E-state index contributed by atoms with van der Waals surface area (Å²) in [4.78, 5) is 21.9. The minimum atomic E-state index is -0.779. The van der Waals surface area contributed by atoms with Gasteiger partial charge in [0.25, 0.3) is 0 Å². The van der Waals surface area contributed by atoms with Crippen molar-refractivity contribution in [3.63, 3.8) is 0 Å². The van der Waals surface area contributed by atoms with Gasteiger partial charge in [-0.15, -0.1) is 0 Å². The van der Waals surface area contributed by atoms with Gasteiger partial charge >= 0.3 is 5.97 Å². The Morgan fingerprint density at radius 3 is 2.60 bits per heavy atom. The topological polar surface area (TPSA) is 75.6 Å². The van der Waals surface area contributed by atoms with Gasteiger partial charge in [0.15, 0.2) is 0 Å². The molecule has 1 unspecified atom stereocenters. The van der Waals surface area contributed by atoms with E-state index in [4.69, 9.17) is 9.84 Å². The van der Waals surface area contributed by atoms with Crippen molar-refractivity contribution < 1.29 is 19.4 Å². The lowest BCUT2D eigenvalue weighted by atomic mass is 9.80. The SMILES string of the molecule is CCOC(C)C(=O)NC1CC(C(=O)O)C1. The van der Waals surface area contributed by atoms with Crippen LogP contribution < -0.4 is 5.32 Å². The molecule has 5 nitrogen and oxygen atoms in total. The number of hydrogen-bond acceptors (Lipinski definition) is 3. The molecule has 0 saturated heterocycles. The second-order valence-electron chi connectivity index (χ2n) is 3.81. The highest BCUT2D eigenvalue weighted by Crippen LogP contribution is 2.27. The number of carbonyl (C=O) groups excluding carboxylic acids is 1. The molecule has 0 aromatic rings. The second kappa shape index (κ2) is 5.11. The van der Waals surface area contributed by atoms with E-state index >= 15 is 0 Å². The van der Waals surface area contributed by atoms with Crippen LogP contribution in [0.4, 0.5) is 0 Å². The predicted molar refractivity (Wildman–Crippen MR) is 53.4 cm³/mol. The fourth-order valence-corrected chi connectivity index (χ4v) is 1.58. The van der Waals surface area contributed by atoms with Crippen LogP contribution in [0.3, 0.4) is 0 Å².